The Morgan fingerprint density at radius 1 is 1.12 bits per heavy atom. The number of nitrogens with zero attached hydrogens (tertiary/aromatic N) is 1. The standard InChI is InChI=1S/C11H7NO5/c13-10-11(14)17-12(16-10)15-8-4-7-9-5-2-1-3-6-9/h1-3,5-6H,7H2. The third-order valence-electron chi connectivity index (χ3n) is 1.81. The van der Waals surface area contributed by atoms with Crippen molar-refractivity contribution in [2.24, 2.45) is 0 Å². The minimum absolute atomic E-state index is 0.267. The van der Waals surface area contributed by atoms with Crippen molar-refractivity contribution in [2.45, 2.75) is 6.42 Å². The van der Waals surface area contributed by atoms with E-state index in [1.807, 2.05) is 30.3 Å². The molecule has 1 aromatic carbocycles. The van der Waals surface area contributed by atoms with Crippen LogP contribution in [0.25, 0.3) is 0 Å². The van der Waals surface area contributed by atoms with Crippen molar-refractivity contribution in [1.82, 2.24) is 5.08 Å². The van der Waals surface area contributed by atoms with Crippen LogP contribution in [-0.2, 0) is 6.42 Å². The van der Waals surface area contributed by atoms with Crippen molar-refractivity contribution in [3.05, 3.63) is 56.7 Å². The molecule has 6 heteroatoms. The normalized spacial score (nSPS) is 9.41. The summed E-state index contributed by atoms with van der Waals surface area (Å²) in [6.07, 6.45) is 2.71. The third kappa shape index (κ3) is 2.89. The van der Waals surface area contributed by atoms with Gasteiger partial charge >= 0.3 is 11.3 Å². The second-order valence-corrected chi connectivity index (χ2v) is 3.01. The maximum atomic E-state index is 10.6. The molecule has 2 rings (SSSR count). The van der Waals surface area contributed by atoms with Gasteiger partial charge in [-0.2, -0.15) is 0 Å². The van der Waals surface area contributed by atoms with Crippen LogP contribution in [0.15, 0.2) is 49.0 Å². The van der Waals surface area contributed by atoms with E-state index >= 15 is 0 Å². The number of hydrogen-bond acceptors (Lipinski definition) is 5. The van der Waals surface area contributed by atoms with E-state index in [2.05, 4.69) is 25.9 Å². The van der Waals surface area contributed by atoms with Crippen molar-refractivity contribution >= 4 is 0 Å². The fourth-order valence-corrected chi connectivity index (χ4v) is 1.07. The van der Waals surface area contributed by atoms with Crippen LogP contribution in [0.1, 0.15) is 5.56 Å². The molecule has 86 valence electrons. The first-order chi connectivity index (χ1) is 8.25. The summed E-state index contributed by atoms with van der Waals surface area (Å²) in [4.78, 5) is 25.7. The summed E-state index contributed by atoms with van der Waals surface area (Å²) in [6, 6.07) is 9.50. The quantitative estimate of drug-likeness (QED) is 0.540. The molecule has 0 saturated carbocycles. The zero-order chi connectivity index (χ0) is 12.1. The molecule has 2 aromatic rings. The van der Waals surface area contributed by atoms with Crippen molar-refractivity contribution in [2.75, 3.05) is 0 Å². The molecule has 17 heavy (non-hydrogen) atoms. The fourth-order valence-electron chi connectivity index (χ4n) is 1.07. The van der Waals surface area contributed by atoms with Crippen molar-refractivity contribution in [3.8, 4) is 12.0 Å². The van der Waals surface area contributed by atoms with Crippen LogP contribution in [0.3, 0.4) is 0 Å². The van der Waals surface area contributed by atoms with E-state index in [1.165, 1.54) is 0 Å². The molecule has 0 spiro atoms. The molecule has 0 aliphatic heterocycles. The zero-order valence-corrected chi connectivity index (χ0v) is 8.58. The Hall–Kier alpha value is -2.68. The molecule has 0 aliphatic rings. The molecule has 0 fully saturated rings. The second-order valence-electron chi connectivity index (χ2n) is 3.01. The third-order valence-corrected chi connectivity index (χ3v) is 1.81. The van der Waals surface area contributed by atoms with E-state index in [4.69, 9.17) is 0 Å². The van der Waals surface area contributed by atoms with Gasteiger partial charge < -0.3 is 0 Å². The van der Waals surface area contributed by atoms with Crippen molar-refractivity contribution in [1.29, 1.82) is 0 Å². The molecule has 0 unspecified atom stereocenters. The molecule has 0 amide bonds. The van der Waals surface area contributed by atoms with Crippen LogP contribution < -0.4 is 16.1 Å². The van der Waals surface area contributed by atoms with E-state index in [0.717, 1.165) is 5.56 Å². The van der Waals surface area contributed by atoms with E-state index in [0.29, 0.717) is 6.42 Å². The number of benzene rings is 1. The van der Waals surface area contributed by atoms with Gasteiger partial charge in [-0.1, -0.05) is 36.3 Å². The van der Waals surface area contributed by atoms with Crippen LogP contribution in [0.2, 0.25) is 0 Å². The summed E-state index contributed by atoms with van der Waals surface area (Å²) in [5, 5.41) is 0.267. The van der Waals surface area contributed by atoms with Gasteiger partial charge in [0.25, 0.3) is 0 Å². The smallest absolute Gasteiger partial charge is 0.264 e. The Morgan fingerprint density at radius 2 is 1.76 bits per heavy atom. The molecule has 0 aliphatic carbocycles. The summed E-state index contributed by atoms with van der Waals surface area (Å²) in [5.74, 6) is 2.66. The van der Waals surface area contributed by atoms with Gasteiger partial charge in [-0.25, -0.2) is 9.59 Å². The number of aromatic nitrogens is 1. The van der Waals surface area contributed by atoms with Crippen LogP contribution in [-0.4, -0.2) is 5.08 Å². The van der Waals surface area contributed by atoms with Gasteiger partial charge in [0.1, 0.15) is 0 Å². The Bertz CT molecular complexity index is 625. The van der Waals surface area contributed by atoms with Crippen LogP contribution >= 0.6 is 0 Å². The van der Waals surface area contributed by atoms with Gasteiger partial charge in [-0.15, -0.1) is 0 Å². The number of rotatable bonds is 2. The fraction of sp³-hybridized carbons (Fsp3) is 0.0909. The molecule has 0 radical (unpaired) electrons. The second kappa shape index (κ2) is 4.90. The van der Waals surface area contributed by atoms with E-state index < -0.39 is 11.3 Å². The minimum atomic E-state index is -1.14. The maximum absolute atomic E-state index is 10.6. The first kappa shape index (κ1) is 10.8. The predicted octanol–water partition coefficient (Wildman–Crippen LogP) is 0.0267. The monoisotopic (exact) mass is 233 g/mol. The van der Waals surface area contributed by atoms with Gasteiger partial charge in [0.2, 0.25) is 0 Å². The summed E-state index contributed by atoms with van der Waals surface area (Å²) >= 11 is 0. The molecule has 6 nitrogen and oxygen atoms in total. The Balaban J connectivity index is 1.95. The van der Waals surface area contributed by atoms with Crippen molar-refractivity contribution in [3.63, 3.8) is 0 Å². The average Bonchev–Trinajstić information content (AvgIpc) is 2.66. The number of hydrogen-bond donors (Lipinski definition) is 0. The van der Waals surface area contributed by atoms with Crippen LogP contribution in [0, 0.1) is 12.0 Å². The van der Waals surface area contributed by atoms with Gasteiger partial charge in [0, 0.05) is 6.42 Å². The van der Waals surface area contributed by atoms with E-state index in [1.54, 1.807) is 0 Å². The summed E-state index contributed by atoms with van der Waals surface area (Å²) in [6.45, 7) is 0. The molecule has 1 heterocycles. The largest absolute Gasteiger partial charge is 0.449 e. The highest BCUT2D eigenvalue weighted by molar-refractivity contribution is 5.19. The lowest BCUT2D eigenvalue weighted by atomic mass is 10.2. The van der Waals surface area contributed by atoms with Gasteiger partial charge in [0.15, 0.2) is 11.2 Å². The van der Waals surface area contributed by atoms with Gasteiger partial charge in [-0.05, 0) is 5.56 Å². The summed E-state index contributed by atoms with van der Waals surface area (Å²) in [7, 11) is 0. The lowest BCUT2D eigenvalue weighted by Crippen LogP contribution is -2.14. The lowest BCUT2D eigenvalue weighted by molar-refractivity contribution is -0.0973. The topological polar surface area (TPSA) is 74.6 Å². The molecule has 0 bridgehead atoms. The minimum Gasteiger partial charge on any atom is -0.264 e. The highest BCUT2D eigenvalue weighted by Crippen LogP contribution is 1.97. The first-order valence-corrected chi connectivity index (χ1v) is 4.69. The van der Waals surface area contributed by atoms with Gasteiger partial charge in [0.05, 0.1) is 0 Å². The van der Waals surface area contributed by atoms with Crippen molar-refractivity contribution < 1.29 is 13.9 Å². The maximum Gasteiger partial charge on any atom is 0.449 e. The zero-order valence-electron chi connectivity index (χ0n) is 8.58. The molecular weight excluding hydrogens is 226 g/mol. The van der Waals surface area contributed by atoms with Crippen LogP contribution in [0.4, 0.5) is 0 Å². The average molecular weight is 233 g/mol. The Kier molecular flexibility index (Phi) is 3.12. The summed E-state index contributed by atoms with van der Waals surface area (Å²) in [5.41, 5.74) is -1.27. The Morgan fingerprint density at radius 3 is 2.41 bits per heavy atom. The molecule has 0 N–H and O–H groups in total. The van der Waals surface area contributed by atoms with Gasteiger partial charge in [-0.3, -0.25) is 13.9 Å². The lowest BCUT2D eigenvalue weighted by Gasteiger charge is -1.91. The van der Waals surface area contributed by atoms with E-state index in [9.17, 15) is 9.59 Å². The summed E-state index contributed by atoms with van der Waals surface area (Å²) < 4.78 is 8.45. The molecular formula is C11H7NO5. The molecule has 0 saturated heterocycles. The molecule has 0 atom stereocenters. The van der Waals surface area contributed by atoms with E-state index in [-0.39, 0.29) is 5.08 Å². The highest BCUT2D eigenvalue weighted by Gasteiger charge is 2.03. The SMILES string of the molecule is O=c1on(OC#CCc2ccccc2)oc1=O. The highest BCUT2D eigenvalue weighted by atomic mass is 17.0. The Labute approximate surface area is 94.9 Å². The predicted molar refractivity (Wildman–Crippen MR) is 56.0 cm³/mol. The van der Waals surface area contributed by atoms with Crippen LogP contribution in [0.5, 0.6) is 0 Å². The molecule has 1 aromatic heterocycles. The first-order valence-electron chi connectivity index (χ1n) is 4.69.